The number of halogens is 3. The van der Waals surface area contributed by atoms with Crippen molar-refractivity contribution in [3.63, 3.8) is 0 Å². The number of carbonyl (C=O) groups excluding carboxylic acids is 1. The summed E-state index contributed by atoms with van der Waals surface area (Å²) < 4.78 is 73.7. The lowest BCUT2D eigenvalue weighted by Gasteiger charge is -2.37. The second-order valence-electron chi connectivity index (χ2n) is 9.62. The van der Waals surface area contributed by atoms with E-state index in [1.165, 1.54) is 19.2 Å². The van der Waals surface area contributed by atoms with Gasteiger partial charge in [0, 0.05) is 24.6 Å². The molecule has 0 aromatic heterocycles. The van der Waals surface area contributed by atoms with E-state index in [0.717, 1.165) is 29.3 Å². The van der Waals surface area contributed by atoms with Crippen molar-refractivity contribution in [2.45, 2.75) is 30.2 Å². The smallest absolute Gasteiger partial charge is 0.417 e. The average molecular weight is 520 g/mol. The SMILES string of the molecule is COc1ccc(C(=O)NC[C@@]23[C@@H]4CC[C@@H](C4)[C@@H]2CN(c2ccc(C#N)c(C(F)(F)F)c2)S3(=O)=O)cc1. The minimum absolute atomic E-state index is 0.0467. The lowest BCUT2D eigenvalue weighted by atomic mass is 9.78. The van der Waals surface area contributed by atoms with Gasteiger partial charge in [-0.25, -0.2) is 8.42 Å². The maximum Gasteiger partial charge on any atom is 0.417 e. The van der Waals surface area contributed by atoms with Gasteiger partial charge < -0.3 is 10.1 Å². The third-order valence-corrected chi connectivity index (χ3v) is 10.8. The second kappa shape index (κ2) is 8.40. The van der Waals surface area contributed by atoms with E-state index in [0.29, 0.717) is 17.7 Å². The van der Waals surface area contributed by atoms with Crippen LogP contribution in [0.4, 0.5) is 18.9 Å². The predicted octanol–water partition coefficient (Wildman–Crippen LogP) is 3.95. The highest BCUT2D eigenvalue weighted by Crippen LogP contribution is 2.62. The van der Waals surface area contributed by atoms with Crippen molar-refractivity contribution in [3.8, 4) is 11.8 Å². The van der Waals surface area contributed by atoms with Crippen LogP contribution in [0.2, 0.25) is 0 Å². The van der Waals surface area contributed by atoms with Crippen LogP contribution in [0.25, 0.3) is 0 Å². The summed E-state index contributed by atoms with van der Waals surface area (Å²) in [6.45, 7) is -0.0734. The van der Waals surface area contributed by atoms with Gasteiger partial charge in [-0.3, -0.25) is 9.10 Å². The molecule has 2 aliphatic carbocycles. The van der Waals surface area contributed by atoms with Crippen molar-refractivity contribution in [2.24, 2.45) is 17.8 Å². The number of fused-ring (bicyclic) bond motifs is 5. The fraction of sp³-hybridized carbons (Fsp3) is 0.440. The first-order chi connectivity index (χ1) is 17.0. The molecule has 1 saturated heterocycles. The number of amides is 1. The molecule has 4 atom stereocenters. The first-order valence-corrected chi connectivity index (χ1v) is 13.0. The summed E-state index contributed by atoms with van der Waals surface area (Å²) in [5.41, 5.74) is -1.50. The Bertz CT molecular complexity index is 1350. The third-order valence-electron chi connectivity index (χ3n) is 8.09. The van der Waals surface area contributed by atoms with E-state index >= 15 is 0 Å². The van der Waals surface area contributed by atoms with Crippen LogP contribution in [0.15, 0.2) is 42.5 Å². The van der Waals surface area contributed by atoms with Crippen LogP contribution in [0.3, 0.4) is 0 Å². The van der Waals surface area contributed by atoms with Crippen LogP contribution in [0.1, 0.15) is 40.7 Å². The summed E-state index contributed by atoms with van der Waals surface area (Å²) >= 11 is 0. The monoisotopic (exact) mass is 519 g/mol. The highest BCUT2D eigenvalue weighted by Gasteiger charge is 2.70. The predicted molar refractivity (Wildman–Crippen MR) is 125 cm³/mol. The topological polar surface area (TPSA) is 99.5 Å². The minimum atomic E-state index is -4.80. The zero-order chi connectivity index (χ0) is 25.9. The van der Waals surface area contributed by atoms with Gasteiger partial charge >= 0.3 is 6.18 Å². The molecule has 1 aliphatic heterocycles. The molecule has 36 heavy (non-hydrogen) atoms. The molecule has 1 heterocycles. The number of benzene rings is 2. The number of methoxy groups -OCH3 is 1. The summed E-state index contributed by atoms with van der Waals surface area (Å²) in [5, 5.41) is 11.9. The molecule has 1 amide bonds. The molecule has 7 nitrogen and oxygen atoms in total. The minimum Gasteiger partial charge on any atom is -0.497 e. The van der Waals surface area contributed by atoms with Gasteiger partial charge in [-0.2, -0.15) is 18.4 Å². The van der Waals surface area contributed by atoms with E-state index in [9.17, 15) is 26.4 Å². The van der Waals surface area contributed by atoms with Gasteiger partial charge in [-0.1, -0.05) is 0 Å². The lowest BCUT2D eigenvalue weighted by molar-refractivity contribution is -0.137. The van der Waals surface area contributed by atoms with Crippen molar-refractivity contribution in [1.29, 1.82) is 5.26 Å². The van der Waals surface area contributed by atoms with Crippen molar-refractivity contribution < 1.29 is 31.1 Å². The molecule has 0 unspecified atom stereocenters. The van der Waals surface area contributed by atoms with Gasteiger partial charge in [0.05, 0.1) is 30.0 Å². The first kappa shape index (κ1) is 24.4. The molecule has 2 aromatic rings. The fourth-order valence-corrected chi connectivity index (χ4v) is 9.11. The summed E-state index contributed by atoms with van der Waals surface area (Å²) in [7, 11) is -2.63. The molecule has 3 fully saturated rings. The van der Waals surface area contributed by atoms with Crippen molar-refractivity contribution in [1.82, 2.24) is 5.32 Å². The highest BCUT2D eigenvalue weighted by atomic mass is 32.2. The molecular weight excluding hydrogens is 495 g/mol. The van der Waals surface area contributed by atoms with Gasteiger partial charge in [-0.05, 0) is 73.6 Å². The number of alkyl halides is 3. The highest BCUT2D eigenvalue weighted by molar-refractivity contribution is 7.94. The van der Waals surface area contributed by atoms with E-state index < -0.39 is 38.0 Å². The molecule has 5 rings (SSSR count). The normalized spacial score (nSPS) is 28.0. The molecule has 2 aromatic carbocycles. The molecule has 3 aliphatic rings. The Morgan fingerprint density at radius 3 is 2.58 bits per heavy atom. The van der Waals surface area contributed by atoms with Crippen molar-refractivity contribution >= 4 is 21.6 Å². The molecule has 190 valence electrons. The quantitative estimate of drug-likeness (QED) is 0.645. The molecule has 1 N–H and O–H groups in total. The zero-order valence-corrected chi connectivity index (χ0v) is 20.2. The number of sulfonamides is 1. The van der Waals surface area contributed by atoms with Gasteiger partial charge in [0.1, 0.15) is 10.5 Å². The molecule has 2 bridgehead atoms. The summed E-state index contributed by atoms with van der Waals surface area (Å²) in [5.74, 6) is -0.248. The first-order valence-electron chi connectivity index (χ1n) is 11.6. The largest absolute Gasteiger partial charge is 0.497 e. The van der Waals surface area contributed by atoms with Gasteiger partial charge in [-0.15, -0.1) is 0 Å². The zero-order valence-electron chi connectivity index (χ0n) is 19.4. The fourth-order valence-electron chi connectivity index (χ4n) is 6.41. The standard InChI is InChI=1S/C25H24F3N3O4S/c1-35-20-8-4-15(5-9-20)23(32)30-14-24-18-6-2-16(10-18)22(24)13-31(36(24,33)34)19-7-3-17(12-29)21(11-19)25(26,27)28/h3-5,7-9,11,16,18,22H,2,6,10,13-14H2,1H3,(H,30,32)/t16-,18+,22-,24+/m0/s1. The van der Waals surface area contributed by atoms with Gasteiger partial charge in [0.2, 0.25) is 10.0 Å². The van der Waals surface area contributed by atoms with E-state index in [1.807, 2.05) is 0 Å². The Hall–Kier alpha value is -3.26. The molecular formula is C25H24F3N3O4S. The number of anilines is 1. The Morgan fingerprint density at radius 1 is 1.22 bits per heavy atom. The second-order valence-corrected chi connectivity index (χ2v) is 11.8. The van der Waals surface area contributed by atoms with E-state index in [2.05, 4.69) is 5.32 Å². The lowest BCUT2D eigenvalue weighted by Crippen LogP contribution is -2.55. The third kappa shape index (κ3) is 3.53. The Balaban J connectivity index is 1.48. The summed E-state index contributed by atoms with van der Waals surface area (Å²) in [6.07, 6.45) is -2.54. The van der Waals surface area contributed by atoms with Crippen molar-refractivity contribution in [3.05, 3.63) is 59.2 Å². The maximum absolute atomic E-state index is 14.0. The van der Waals surface area contributed by atoms with Gasteiger partial charge in [0.15, 0.2) is 0 Å². The summed E-state index contributed by atoms with van der Waals surface area (Å²) in [6, 6.07) is 10.9. The van der Waals surface area contributed by atoms with Crippen LogP contribution < -0.4 is 14.4 Å². The van der Waals surface area contributed by atoms with E-state index in [-0.39, 0.29) is 36.5 Å². The van der Waals surface area contributed by atoms with Gasteiger partial charge in [0.25, 0.3) is 5.91 Å². The number of hydrogen-bond donors (Lipinski definition) is 1. The summed E-state index contributed by atoms with van der Waals surface area (Å²) in [4.78, 5) is 12.9. The van der Waals surface area contributed by atoms with E-state index in [4.69, 9.17) is 10.00 Å². The Labute approximate surface area is 206 Å². The molecule has 0 radical (unpaired) electrons. The van der Waals surface area contributed by atoms with Crippen LogP contribution in [0.5, 0.6) is 5.75 Å². The average Bonchev–Trinajstić information content (AvgIpc) is 3.52. The number of nitrogens with zero attached hydrogens (tertiary/aromatic N) is 2. The van der Waals surface area contributed by atoms with Crippen molar-refractivity contribution in [2.75, 3.05) is 24.5 Å². The number of carbonyl (C=O) groups is 1. The van der Waals surface area contributed by atoms with Crippen LogP contribution in [0, 0.1) is 29.1 Å². The maximum atomic E-state index is 14.0. The molecule has 11 heteroatoms. The van der Waals surface area contributed by atoms with Crippen LogP contribution >= 0.6 is 0 Å². The number of ether oxygens (including phenoxy) is 1. The number of nitriles is 1. The Morgan fingerprint density at radius 2 is 1.94 bits per heavy atom. The van der Waals surface area contributed by atoms with Crippen LogP contribution in [-0.4, -0.2) is 39.3 Å². The molecule has 2 saturated carbocycles. The van der Waals surface area contributed by atoms with Crippen LogP contribution in [-0.2, 0) is 16.2 Å². The number of rotatable bonds is 5. The number of hydrogen-bond acceptors (Lipinski definition) is 5. The number of nitrogens with one attached hydrogen (secondary N) is 1. The Kier molecular flexibility index (Phi) is 5.70. The van der Waals surface area contributed by atoms with E-state index in [1.54, 1.807) is 24.3 Å². The molecule has 0 spiro atoms.